The van der Waals surface area contributed by atoms with E-state index in [4.69, 9.17) is 16.3 Å². The van der Waals surface area contributed by atoms with Crippen molar-refractivity contribution in [3.63, 3.8) is 0 Å². The minimum atomic E-state index is -0.497. The molecule has 2 aromatic heterocycles. The average molecular weight is 580 g/mol. The minimum Gasteiger partial charge on any atom is -0.507 e. The van der Waals surface area contributed by atoms with Crippen molar-refractivity contribution in [2.75, 3.05) is 44.8 Å². The van der Waals surface area contributed by atoms with Gasteiger partial charge in [-0.25, -0.2) is 9.18 Å². The van der Waals surface area contributed by atoms with Crippen LogP contribution in [-0.2, 0) is 11.8 Å². The number of methoxy groups -OCH3 is 1. The lowest BCUT2D eigenvalue weighted by Gasteiger charge is -2.44. The molecule has 5 rings (SSSR count). The molecule has 0 radical (unpaired) electrons. The van der Waals surface area contributed by atoms with E-state index in [1.165, 1.54) is 21.3 Å². The highest BCUT2D eigenvalue weighted by Gasteiger charge is 2.30. The number of rotatable bonds is 7. The number of aryl methyl sites for hydroxylation is 2. The molecule has 2 aromatic carbocycles. The van der Waals surface area contributed by atoms with E-state index >= 15 is 0 Å². The van der Waals surface area contributed by atoms with E-state index in [0.717, 1.165) is 37.6 Å². The Morgan fingerprint density at radius 2 is 1.71 bits per heavy atom. The number of benzene rings is 2. The molecule has 0 bridgehead atoms. The summed E-state index contributed by atoms with van der Waals surface area (Å²) >= 11 is 6.55. The van der Waals surface area contributed by atoms with E-state index in [-0.39, 0.29) is 17.0 Å². The molecule has 1 N–H and O–H groups in total. The van der Waals surface area contributed by atoms with Crippen LogP contribution in [-0.4, -0.2) is 69.6 Å². The molecule has 1 aliphatic rings. The van der Waals surface area contributed by atoms with Crippen molar-refractivity contribution in [3.8, 4) is 33.7 Å². The Balaban J connectivity index is 1.46. The summed E-state index contributed by atoms with van der Waals surface area (Å²) in [5.41, 5.74) is 3.80. The number of imidazole rings is 1. The molecule has 0 unspecified atom stereocenters. The number of ether oxygens (including phenoxy) is 1. The predicted molar refractivity (Wildman–Crippen MR) is 161 cm³/mol. The van der Waals surface area contributed by atoms with Gasteiger partial charge in [-0.1, -0.05) is 17.7 Å². The summed E-state index contributed by atoms with van der Waals surface area (Å²) in [7, 11) is 3.38. The third kappa shape index (κ3) is 5.62. The lowest BCUT2D eigenvalue weighted by molar-refractivity contribution is 0.0302. The number of aromatic hydroxyl groups is 1. The lowest BCUT2D eigenvalue weighted by Crippen LogP contribution is -2.56. The predicted octanol–water partition coefficient (Wildman–Crippen LogP) is 5.26. The number of phenols is 1. The van der Waals surface area contributed by atoms with E-state index in [2.05, 4.69) is 28.6 Å². The molecule has 3 heterocycles. The second-order valence-electron chi connectivity index (χ2n) is 11.1. The largest absolute Gasteiger partial charge is 0.507 e. The quantitative estimate of drug-likeness (QED) is 0.322. The maximum Gasteiger partial charge on any atom is 0.332 e. The van der Waals surface area contributed by atoms with Crippen LogP contribution in [0.5, 0.6) is 5.75 Å². The Morgan fingerprint density at radius 3 is 2.32 bits per heavy atom. The number of aromatic nitrogens is 3. The summed E-state index contributed by atoms with van der Waals surface area (Å²) in [5, 5.41) is 11.7. The van der Waals surface area contributed by atoms with Crippen LogP contribution >= 0.6 is 11.6 Å². The van der Waals surface area contributed by atoms with Gasteiger partial charge in [-0.05, 0) is 56.7 Å². The highest BCUT2D eigenvalue weighted by molar-refractivity contribution is 6.32. The number of anilines is 1. The molecule has 0 aliphatic carbocycles. The topological polar surface area (TPSA) is 75.8 Å². The van der Waals surface area contributed by atoms with Crippen molar-refractivity contribution in [2.45, 2.75) is 26.3 Å². The fourth-order valence-corrected chi connectivity index (χ4v) is 5.81. The van der Waals surface area contributed by atoms with Gasteiger partial charge >= 0.3 is 5.69 Å². The Kier molecular flexibility index (Phi) is 7.96. The maximum atomic E-state index is 15.0. The van der Waals surface area contributed by atoms with Crippen LogP contribution in [0, 0.1) is 12.7 Å². The molecule has 8 nitrogen and oxygen atoms in total. The first-order chi connectivity index (χ1) is 19.5. The van der Waals surface area contributed by atoms with Gasteiger partial charge in [0.1, 0.15) is 11.6 Å². The van der Waals surface area contributed by atoms with E-state index < -0.39 is 5.82 Å². The first kappa shape index (κ1) is 28.9. The number of hydrogen-bond acceptors (Lipinski definition) is 6. The van der Waals surface area contributed by atoms with E-state index in [0.29, 0.717) is 39.6 Å². The zero-order valence-corrected chi connectivity index (χ0v) is 24.7. The van der Waals surface area contributed by atoms with Gasteiger partial charge in [0.05, 0.1) is 28.7 Å². The van der Waals surface area contributed by atoms with Gasteiger partial charge in [-0.15, -0.1) is 0 Å². The second kappa shape index (κ2) is 11.3. The van der Waals surface area contributed by atoms with Crippen molar-refractivity contribution in [2.24, 2.45) is 7.05 Å². The Morgan fingerprint density at radius 1 is 1.02 bits per heavy atom. The molecular weight excluding hydrogens is 545 g/mol. The number of piperazine rings is 1. The molecule has 216 valence electrons. The van der Waals surface area contributed by atoms with E-state index in [1.807, 2.05) is 13.0 Å². The molecular formula is C31H35ClFN5O3. The molecule has 0 spiro atoms. The molecule has 1 fully saturated rings. The van der Waals surface area contributed by atoms with Gasteiger partial charge in [0, 0.05) is 81.2 Å². The van der Waals surface area contributed by atoms with E-state index in [9.17, 15) is 14.3 Å². The fraction of sp³-hybridized carbons (Fsp3) is 0.355. The Labute approximate surface area is 244 Å². The van der Waals surface area contributed by atoms with E-state index in [1.54, 1.807) is 50.9 Å². The monoisotopic (exact) mass is 579 g/mol. The number of pyridine rings is 1. The third-order valence-electron chi connectivity index (χ3n) is 7.89. The summed E-state index contributed by atoms with van der Waals surface area (Å²) in [6, 6.07) is 9.58. The summed E-state index contributed by atoms with van der Waals surface area (Å²) in [5.74, 6) is -0.571. The number of nitrogens with zero attached hydrogens (tertiary/aromatic N) is 5. The van der Waals surface area contributed by atoms with Crippen LogP contribution in [0.15, 0.2) is 59.8 Å². The SMILES string of the molecule is COCC(C)(C)N1CCN(c2cc(-c3cc(F)cc(-c4ccc(-n5ccn(C)c5=O)c(Cl)c4)c3O)cnc2C)CC1. The Hall–Kier alpha value is -3.66. The summed E-state index contributed by atoms with van der Waals surface area (Å²) < 4.78 is 23.3. The van der Waals surface area contributed by atoms with Gasteiger partial charge in [-0.3, -0.25) is 14.5 Å². The van der Waals surface area contributed by atoms with Crippen LogP contribution < -0.4 is 10.6 Å². The lowest BCUT2D eigenvalue weighted by atomic mass is 9.97. The molecule has 10 heteroatoms. The molecule has 0 saturated carbocycles. The summed E-state index contributed by atoms with van der Waals surface area (Å²) in [6.45, 7) is 10.4. The highest BCUT2D eigenvalue weighted by Crippen LogP contribution is 2.41. The molecule has 4 aromatic rings. The highest BCUT2D eigenvalue weighted by atomic mass is 35.5. The van der Waals surface area contributed by atoms with Crippen LogP contribution in [0.1, 0.15) is 19.5 Å². The molecule has 0 atom stereocenters. The number of halogens is 2. The zero-order chi connectivity index (χ0) is 29.5. The minimum absolute atomic E-state index is 0.0576. The first-order valence-corrected chi connectivity index (χ1v) is 13.9. The van der Waals surface area contributed by atoms with Gasteiger partial charge < -0.3 is 19.3 Å². The summed E-state index contributed by atoms with van der Waals surface area (Å²) in [6.07, 6.45) is 4.93. The van der Waals surface area contributed by atoms with Crippen molar-refractivity contribution in [1.29, 1.82) is 0 Å². The summed E-state index contributed by atoms with van der Waals surface area (Å²) in [4.78, 5) is 21.7. The van der Waals surface area contributed by atoms with Gasteiger partial charge in [-0.2, -0.15) is 0 Å². The second-order valence-corrected chi connectivity index (χ2v) is 11.5. The van der Waals surface area contributed by atoms with Gasteiger partial charge in [0.15, 0.2) is 0 Å². The fourth-order valence-electron chi connectivity index (χ4n) is 5.54. The number of hydrogen-bond donors (Lipinski definition) is 1. The maximum absolute atomic E-state index is 15.0. The van der Waals surface area contributed by atoms with Gasteiger partial charge in [0.25, 0.3) is 0 Å². The molecule has 1 aliphatic heterocycles. The molecule has 41 heavy (non-hydrogen) atoms. The molecule has 1 saturated heterocycles. The number of phenolic OH excluding ortho intramolecular Hbond substituents is 1. The van der Waals surface area contributed by atoms with Crippen molar-refractivity contribution in [3.05, 3.63) is 82.0 Å². The van der Waals surface area contributed by atoms with Crippen molar-refractivity contribution in [1.82, 2.24) is 19.0 Å². The average Bonchev–Trinajstić information content (AvgIpc) is 3.27. The standard InChI is InChI=1S/C31H35ClFN5O3/c1-20-28(36-9-11-37(12-10-36)31(2,3)19-41-5)15-22(18-34-20)25-17-23(33)16-24(29(25)39)21-6-7-27(26(32)14-21)38-13-8-35(4)30(38)40/h6-8,13-18,39H,9-12,19H2,1-5H3. The third-order valence-corrected chi connectivity index (χ3v) is 8.19. The van der Waals surface area contributed by atoms with Crippen LogP contribution in [0.3, 0.4) is 0 Å². The van der Waals surface area contributed by atoms with Crippen molar-refractivity contribution >= 4 is 17.3 Å². The van der Waals surface area contributed by atoms with Gasteiger partial charge in [0.2, 0.25) is 0 Å². The van der Waals surface area contributed by atoms with Crippen LogP contribution in [0.4, 0.5) is 10.1 Å². The first-order valence-electron chi connectivity index (χ1n) is 13.5. The smallest absolute Gasteiger partial charge is 0.332 e. The van der Waals surface area contributed by atoms with Crippen molar-refractivity contribution < 1.29 is 14.2 Å². The van der Waals surface area contributed by atoms with Crippen LogP contribution in [0.25, 0.3) is 27.9 Å². The van der Waals surface area contributed by atoms with Crippen LogP contribution in [0.2, 0.25) is 5.02 Å². The molecule has 0 amide bonds. The zero-order valence-electron chi connectivity index (χ0n) is 24.0. The normalized spacial score (nSPS) is 14.6. The Bertz CT molecular complexity index is 1640.